The van der Waals surface area contributed by atoms with E-state index in [2.05, 4.69) is 17.2 Å². The highest BCUT2D eigenvalue weighted by Gasteiger charge is 2.31. The summed E-state index contributed by atoms with van der Waals surface area (Å²) in [5, 5.41) is 3.19. The molecule has 1 fully saturated rings. The molecule has 120 valence electrons. The summed E-state index contributed by atoms with van der Waals surface area (Å²) in [5.41, 5.74) is 0.904. The summed E-state index contributed by atoms with van der Waals surface area (Å²) in [4.78, 5) is 3.41. The third-order valence-corrected chi connectivity index (χ3v) is 6.35. The first kappa shape index (κ1) is 16.5. The number of hydrogen-bond donors (Lipinski definition) is 2. The van der Waals surface area contributed by atoms with E-state index in [9.17, 15) is 8.42 Å². The standard InChI is InChI=1S/C15H27N3O2S/c1-4-16-10-13-9-15(11-17-13)21(19,20)18(3)14-7-5-12(2)6-8-14/h9,11-12,14,16-17H,4-8,10H2,1-3H3. The number of sulfonamides is 1. The summed E-state index contributed by atoms with van der Waals surface area (Å²) in [6.45, 7) is 5.79. The van der Waals surface area contributed by atoms with E-state index in [4.69, 9.17) is 0 Å². The van der Waals surface area contributed by atoms with Crippen LogP contribution in [-0.4, -0.2) is 37.3 Å². The highest BCUT2D eigenvalue weighted by molar-refractivity contribution is 7.89. The quantitative estimate of drug-likeness (QED) is 0.847. The van der Waals surface area contributed by atoms with Crippen LogP contribution in [0.1, 0.15) is 45.2 Å². The lowest BCUT2D eigenvalue weighted by molar-refractivity contribution is 0.246. The van der Waals surface area contributed by atoms with Gasteiger partial charge < -0.3 is 10.3 Å². The van der Waals surface area contributed by atoms with Crippen LogP contribution in [0.15, 0.2) is 17.2 Å². The third kappa shape index (κ3) is 3.87. The van der Waals surface area contributed by atoms with Gasteiger partial charge in [0.2, 0.25) is 10.0 Å². The number of aromatic amines is 1. The zero-order valence-corrected chi connectivity index (χ0v) is 14.0. The lowest BCUT2D eigenvalue weighted by Crippen LogP contribution is -2.39. The maximum absolute atomic E-state index is 12.7. The predicted octanol–water partition coefficient (Wildman–Crippen LogP) is 2.32. The van der Waals surface area contributed by atoms with Gasteiger partial charge in [0.15, 0.2) is 0 Å². The van der Waals surface area contributed by atoms with E-state index in [-0.39, 0.29) is 6.04 Å². The van der Waals surface area contributed by atoms with E-state index in [1.54, 1.807) is 23.6 Å². The number of rotatable bonds is 6. The van der Waals surface area contributed by atoms with E-state index < -0.39 is 10.0 Å². The molecule has 21 heavy (non-hydrogen) atoms. The molecule has 2 rings (SSSR count). The van der Waals surface area contributed by atoms with Crippen molar-refractivity contribution in [3.63, 3.8) is 0 Å². The Morgan fingerprint density at radius 3 is 2.62 bits per heavy atom. The van der Waals surface area contributed by atoms with Crippen LogP contribution in [0.3, 0.4) is 0 Å². The number of hydrogen-bond acceptors (Lipinski definition) is 3. The van der Waals surface area contributed by atoms with Crippen molar-refractivity contribution in [3.05, 3.63) is 18.0 Å². The third-order valence-electron chi connectivity index (χ3n) is 4.46. The van der Waals surface area contributed by atoms with Crippen LogP contribution in [0.25, 0.3) is 0 Å². The van der Waals surface area contributed by atoms with E-state index in [0.717, 1.165) is 43.8 Å². The van der Waals surface area contributed by atoms with Crippen molar-refractivity contribution < 1.29 is 8.42 Å². The number of nitrogens with one attached hydrogen (secondary N) is 2. The fraction of sp³-hybridized carbons (Fsp3) is 0.733. The zero-order valence-electron chi connectivity index (χ0n) is 13.2. The fourth-order valence-electron chi connectivity index (χ4n) is 2.90. The maximum Gasteiger partial charge on any atom is 0.244 e. The van der Waals surface area contributed by atoms with Crippen molar-refractivity contribution in [2.24, 2.45) is 5.92 Å². The molecule has 0 aliphatic heterocycles. The summed E-state index contributed by atoms with van der Waals surface area (Å²) in [5.74, 6) is 0.719. The average Bonchev–Trinajstić information content (AvgIpc) is 2.94. The summed E-state index contributed by atoms with van der Waals surface area (Å²) in [7, 11) is -1.67. The second kappa shape index (κ2) is 6.94. The molecule has 1 heterocycles. The summed E-state index contributed by atoms with van der Waals surface area (Å²) < 4.78 is 26.9. The van der Waals surface area contributed by atoms with Gasteiger partial charge in [0.25, 0.3) is 0 Å². The van der Waals surface area contributed by atoms with Crippen LogP contribution in [0.2, 0.25) is 0 Å². The number of nitrogens with zero attached hydrogens (tertiary/aromatic N) is 1. The Hall–Kier alpha value is -0.850. The predicted molar refractivity (Wildman–Crippen MR) is 84.5 cm³/mol. The summed E-state index contributed by atoms with van der Waals surface area (Å²) in [6.07, 6.45) is 5.76. The highest BCUT2D eigenvalue weighted by Crippen LogP contribution is 2.29. The molecule has 0 spiro atoms. The second-order valence-corrected chi connectivity index (χ2v) is 8.07. The van der Waals surface area contributed by atoms with Gasteiger partial charge >= 0.3 is 0 Å². The summed E-state index contributed by atoms with van der Waals surface area (Å²) >= 11 is 0. The van der Waals surface area contributed by atoms with Crippen molar-refractivity contribution in [3.8, 4) is 0 Å². The van der Waals surface area contributed by atoms with Crippen LogP contribution < -0.4 is 5.32 Å². The molecule has 0 bridgehead atoms. The Labute approximate surface area is 128 Å². The molecule has 0 aromatic carbocycles. The van der Waals surface area contributed by atoms with Gasteiger partial charge in [-0.2, -0.15) is 4.31 Å². The van der Waals surface area contributed by atoms with Gasteiger partial charge in [-0.15, -0.1) is 0 Å². The molecule has 1 aliphatic rings. The molecule has 0 unspecified atom stereocenters. The molecule has 6 heteroatoms. The highest BCUT2D eigenvalue weighted by atomic mass is 32.2. The van der Waals surface area contributed by atoms with Crippen molar-refractivity contribution in [1.29, 1.82) is 0 Å². The first-order valence-corrected chi connectivity index (χ1v) is 9.25. The molecule has 1 aliphatic carbocycles. The van der Waals surface area contributed by atoms with E-state index in [1.807, 2.05) is 6.92 Å². The zero-order chi connectivity index (χ0) is 15.5. The SMILES string of the molecule is CCNCc1cc(S(=O)(=O)N(C)C2CCC(C)CC2)c[nH]1. The van der Waals surface area contributed by atoms with Crippen molar-refractivity contribution in [1.82, 2.24) is 14.6 Å². The minimum atomic E-state index is -3.39. The Balaban J connectivity index is 2.07. The molecule has 5 nitrogen and oxygen atoms in total. The molecule has 0 atom stereocenters. The van der Waals surface area contributed by atoms with Crippen LogP contribution in [0.5, 0.6) is 0 Å². The Morgan fingerprint density at radius 2 is 2.00 bits per heavy atom. The molecule has 2 N–H and O–H groups in total. The van der Waals surface area contributed by atoms with Gasteiger partial charge in [-0.3, -0.25) is 0 Å². The van der Waals surface area contributed by atoms with Crippen molar-refractivity contribution in [2.45, 2.75) is 57.0 Å². The van der Waals surface area contributed by atoms with Gasteiger partial charge in [0.1, 0.15) is 0 Å². The van der Waals surface area contributed by atoms with Crippen LogP contribution >= 0.6 is 0 Å². The lowest BCUT2D eigenvalue weighted by Gasteiger charge is -2.32. The minimum Gasteiger partial charge on any atom is -0.363 e. The Bertz CT molecular complexity index is 545. The second-order valence-electron chi connectivity index (χ2n) is 6.08. The van der Waals surface area contributed by atoms with Gasteiger partial charge in [-0.05, 0) is 44.2 Å². The van der Waals surface area contributed by atoms with E-state index >= 15 is 0 Å². The Kier molecular flexibility index (Phi) is 5.46. The van der Waals surface area contributed by atoms with E-state index in [0.29, 0.717) is 11.4 Å². The summed E-state index contributed by atoms with van der Waals surface area (Å²) in [6, 6.07) is 1.87. The van der Waals surface area contributed by atoms with Crippen molar-refractivity contribution in [2.75, 3.05) is 13.6 Å². The minimum absolute atomic E-state index is 0.137. The molecular formula is C15H27N3O2S. The molecule has 1 saturated carbocycles. The van der Waals surface area contributed by atoms with Crippen LogP contribution in [-0.2, 0) is 16.6 Å². The van der Waals surface area contributed by atoms with Crippen LogP contribution in [0.4, 0.5) is 0 Å². The first-order chi connectivity index (χ1) is 9.95. The topological polar surface area (TPSA) is 65.2 Å². The average molecular weight is 313 g/mol. The van der Waals surface area contributed by atoms with E-state index in [1.165, 1.54) is 0 Å². The van der Waals surface area contributed by atoms with Gasteiger partial charge in [0, 0.05) is 31.5 Å². The van der Waals surface area contributed by atoms with Gasteiger partial charge in [-0.1, -0.05) is 13.8 Å². The fourth-order valence-corrected chi connectivity index (χ4v) is 4.33. The molecule has 0 radical (unpaired) electrons. The molecule has 1 aromatic heterocycles. The number of H-pyrrole nitrogens is 1. The van der Waals surface area contributed by atoms with Crippen LogP contribution in [0, 0.1) is 5.92 Å². The molecule has 0 amide bonds. The number of aromatic nitrogens is 1. The maximum atomic E-state index is 12.7. The largest absolute Gasteiger partial charge is 0.363 e. The van der Waals surface area contributed by atoms with Gasteiger partial charge in [0.05, 0.1) is 4.90 Å². The first-order valence-electron chi connectivity index (χ1n) is 7.81. The normalized spacial score (nSPS) is 23.6. The molecule has 0 saturated heterocycles. The molecular weight excluding hydrogens is 286 g/mol. The monoisotopic (exact) mass is 313 g/mol. The molecule has 1 aromatic rings. The lowest BCUT2D eigenvalue weighted by atomic mass is 9.87. The van der Waals surface area contributed by atoms with Gasteiger partial charge in [-0.25, -0.2) is 8.42 Å². The smallest absolute Gasteiger partial charge is 0.244 e. The Morgan fingerprint density at radius 1 is 1.33 bits per heavy atom. The van der Waals surface area contributed by atoms with Crippen molar-refractivity contribution >= 4 is 10.0 Å².